The molecule has 0 amide bonds. The number of halogens is 2. The molecular formula is C23H17F2N7. The van der Waals surface area contributed by atoms with Gasteiger partial charge in [-0.15, -0.1) is 5.10 Å². The van der Waals surface area contributed by atoms with Crippen LogP contribution < -0.4 is 4.90 Å². The van der Waals surface area contributed by atoms with Gasteiger partial charge in [-0.25, -0.2) is 23.4 Å². The Hall–Kier alpha value is -4.27. The summed E-state index contributed by atoms with van der Waals surface area (Å²) in [5, 5.41) is 9.04. The fourth-order valence-electron chi connectivity index (χ4n) is 3.69. The van der Waals surface area contributed by atoms with Gasteiger partial charge in [0.1, 0.15) is 23.3 Å². The molecule has 0 aliphatic heterocycles. The number of hydrogen-bond acceptors (Lipinski definition) is 6. The van der Waals surface area contributed by atoms with E-state index in [1.54, 1.807) is 27.9 Å². The number of hydrogen-bond donors (Lipinski definition) is 0. The van der Waals surface area contributed by atoms with Crippen molar-refractivity contribution in [2.75, 3.05) is 4.90 Å². The molecule has 0 radical (unpaired) electrons. The molecule has 0 bridgehead atoms. The Morgan fingerprint density at radius 3 is 2.09 bits per heavy atom. The molecule has 0 aliphatic carbocycles. The second kappa shape index (κ2) is 7.77. The van der Waals surface area contributed by atoms with Gasteiger partial charge in [0, 0.05) is 24.2 Å². The average molecular weight is 429 g/mol. The SMILES string of the molecule is Cc1nnn(C)c1-c1ccc2nccc(N(c3ccc(F)cn3)c3ccc(F)cn3)c2c1. The van der Waals surface area contributed by atoms with Crippen molar-refractivity contribution in [3.8, 4) is 11.3 Å². The number of benzene rings is 1. The standard InChI is InChI=1S/C23H17F2N7/c1-14-23(31(2)30-29-14)15-3-6-19-18(11-15)20(9-10-26-19)32(21-7-4-16(24)12-27-21)22-8-5-17(25)13-28-22/h3-13H,1-2H3. The van der Waals surface area contributed by atoms with Crippen molar-refractivity contribution in [2.24, 2.45) is 7.05 Å². The maximum atomic E-state index is 13.6. The second-order valence-electron chi connectivity index (χ2n) is 7.21. The van der Waals surface area contributed by atoms with Crippen LogP contribution in [-0.4, -0.2) is 29.9 Å². The van der Waals surface area contributed by atoms with Gasteiger partial charge in [-0.05, 0) is 49.4 Å². The van der Waals surface area contributed by atoms with Crippen molar-refractivity contribution < 1.29 is 8.78 Å². The van der Waals surface area contributed by atoms with E-state index >= 15 is 0 Å². The van der Waals surface area contributed by atoms with Gasteiger partial charge in [-0.2, -0.15) is 0 Å². The molecule has 0 saturated heterocycles. The molecule has 4 aromatic heterocycles. The zero-order chi connectivity index (χ0) is 22.2. The highest BCUT2D eigenvalue weighted by Gasteiger charge is 2.19. The number of nitrogens with zero attached hydrogens (tertiary/aromatic N) is 7. The van der Waals surface area contributed by atoms with Crippen LogP contribution in [0.15, 0.2) is 67.1 Å². The summed E-state index contributed by atoms with van der Waals surface area (Å²) in [4.78, 5) is 14.7. The third-order valence-corrected chi connectivity index (χ3v) is 5.11. The first-order valence-corrected chi connectivity index (χ1v) is 9.80. The van der Waals surface area contributed by atoms with Crippen LogP contribution in [-0.2, 0) is 7.05 Å². The minimum atomic E-state index is -0.457. The lowest BCUT2D eigenvalue weighted by atomic mass is 10.0. The number of fused-ring (bicyclic) bond motifs is 1. The van der Waals surface area contributed by atoms with Crippen LogP contribution in [0.3, 0.4) is 0 Å². The van der Waals surface area contributed by atoms with Crippen LogP contribution in [0.1, 0.15) is 5.69 Å². The minimum absolute atomic E-state index is 0.432. The van der Waals surface area contributed by atoms with E-state index in [1.807, 2.05) is 38.2 Å². The molecule has 5 aromatic rings. The minimum Gasteiger partial charge on any atom is -0.278 e. The van der Waals surface area contributed by atoms with Crippen molar-refractivity contribution in [1.82, 2.24) is 29.9 Å². The monoisotopic (exact) mass is 429 g/mol. The number of aromatic nitrogens is 6. The Kier molecular flexibility index (Phi) is 4.78. The van der Waals surface area contributed by atoms with Crippen LogP contribution >= 0.6 is 0 Å². The highest BCUT2D eigenvalue weighted by atomic mass is 19.1. The summed E-state index contributed by atoms with van der Waals surface area (Å²) < 4.78 is 28.9. The lowest BCUT2D eigenvalue weighted by Crippen LogP contribution is -2.14. The molecule has 1 aromatic carbocycles. The Labute approximate surface area is 182 Å². The fraction of sp³-hybridized carbons (Fsp3) is 0.0870. The Morgan fingerprint density at radius 2 is 1.53 bits per heavy atom. The number of pyridine rings is 3. The molecule has 7 nitrogen and oxygen atoms in total. The van der Waals surface area contributed by atoms with Gasteiger partial charge >= 0.3 is 0 Å². The van der Waals surface area contributed by atoms with E-state index in [1.165, 1.54) is 12.1 Å². The predicted octanol–water partition coefficient (Wildman–Crippen LogP) is 4.88. The van der Waals surface area contributed by atoms with Crippen molar-refractivity contribution in [3.05, 3.63) is 84.4 Å². The van der Waals surface area contributed by atoms with Crippen molar-refractivity contribution in [1.29, 1.82) is 0 Å². The predicted molar refractivity (Wildman–Crippen MR) is 117 cm³/mol. The molecule has 4 heterocycles. The zero-order valence-corrected chi connectivity index (χ0v) is 17.2. The summed E-state index contributed by atoms with van der Waals surface area (Å²) in [7, 11) is 1.83. The Bertz CT molecular complexity index is 1350. The molecule has 0 saturated carbocycles. The average Bonchev–Trinajstić information content (AvgIpc) is 3.14. The van der Waals surface area contributed by atoms with Gasteiger partial charge < -0.3 is 0 Å². The molecule has 0 atom stereocenters. The van der Waals surface area contributed by atoms with Crippen LogP contribution in [0.5, 0.6) is 0 Å². The maximum Gasteiger partial charge on any atom is 0.141 e. The van der Waals surface area contributed by atoms with Crippen LogP contribution in [0.2, 0.25) is 0 Å². The lowest BCUT2D eigenvalue weighted by Gasteiger charge is -2.24. The van der Waals surface area contributed by atoms with E-state index in [-0.39, 0.29) is 0 Å². The second-order valence-corrected chi connectivity index (χ2v) is 7.21. The molecule has 0 fully saturated rings. The van der Waals surface area contributed by atoms with Crippen LogP contribution in [0.4, 0.5) is 26.1 Å². The molecule has 0 unspecified atom stereocenters. The Balaban J connectivity index is 1.76. The molecule has 0 aliphatic rings. The third-order valence-electron chi connectivity index (χ3n) is 5.11. The van der Waals surface area contributed by atoms with Gasteiger partial charge in [0.2, 0.25) is 0 Å². The summed E-state index contributed by atoms with van der Waals surface area (Å²) in [5.74, 6) is -0.0489. The smallest absolute Gasteiger partial charge is 0.141 e. The topological polar surface area (TPSA) is 72.6 Å². The molecule has 0 N–H and O–H groups in total. The summed E-state index contributed by atoms with van der Waals surface area (Å²) in [6.45, 7) is 1.90. The van der Waals surface area contributed by atoms with E-state index < -0.39 is 11.6 Å². The van der Waals surface area contributed by atoms with Crippen molar-refractivity contribution in [2.45, 2.75) is 6.92 Å². The molecule has 5 rings (SSSR count). The van der Waals surface area contributed by atoms with Gasteiger partial charge in [0.05, 0.1) is 35.0 Å². The fourth-order valence-corrected chi connectivity index (χ4v) is 3.69. The summed E-state index contributed by atoms with van der Waals surface area (Å²) in [6.07, 6.45) is 3.94. The van der Waals surface area contributed by atoms with E-state index in [0.29, 0.717) is 17.3 Å². The highest BCUT2D eigenvalue weighted by molar-refractivity contribution is 5.98. The molecule has 158 valence electrons. The molecule has 32 heavy (non-hydrogen) atoms. The number of rotatable bonds is 4. The molecule has 9 heteroatoms. The molecule has 0 spiro atoms. The summed E-state index contributed by atoms with van der Waals surface area (Å²) in [5.41, 5.74) is 4.05. The van der Waals surface area contributed by atoms with E-state index in [9.17, 15) is 8.78 Å². The first kappa shape index (κ1) is 19.7. The first-order valence-electron chi connectivity index (χ1n) is 9.80. The van der Waals surface area contributed by atoms with Gasteiger partial charge in [0.25, 0.3) is 0 Å². The van der Waals surface area contributed by atoms with E-state index in [0.717, 1.165) is 40.2 Å². The summed E-state index contributed by atoms with van der Waals surface area (Å²) in [6, 6.07) is 13.4. The largest absolute Gasteiger partial charge is 0.278 e. The molecular weight excluding hydrogens is 412 g/mol. The lowest BCUT2D eigenvalue weighted by molar-refractivity contribution is 0.620. The van der Waals surface area contributed by atoms with Gasteiger partial charge in [-0.3, -0.25) is 9.88 Å². The van der Waals surface area contributed by atoms with Crippen molar-refractivity contribution in [3.63, 3.8) is 0 Å². The third kappa shape index (κ3) is 3.43. The van der Waals surface area contributed by atoms with E-state index in [4.69, 9.17) is 0 Å². The number of aryl methyl sites for hydroxylation is 2. The van der Waals surface area contributed by atoms with E-state index in [2.05, 4.69) is 25.3 Å². The van der Waals surface area contributed by atoms with Gasteiger partial charge in [-0.1, -0.05) is 11.3 Å². The van der Waals surface area contributed by atoms with Gasteiger partial charge in [0.15, 0.2) is 0 Å². The Morgan fingerprint density at radius 1 is 0.844 bits per heavy atom. The maximum absolute atomic E-state index is 13.6. The highest BCUT2D eigenvalue weighted by Crippen LogP contribution is 2.37. The summed E-state index contributed by atoms with van der Waals surface area (Å²) >= 11 is 0. The van der Waals surface area contributed by atoms with Crippen molar-refractivity contribution >= 4 is 28.2 Å². The quantitative estimate of drug-likeness (QED) is 0.406. The number of anilines is 3. The zero-order valence-electron chi connectivity index (χ0n) is 17.2. The van der Waals surface area contributed by atoms with Crippen LogP contribution in [0.25, 0.3) is 22.2 Å². The normalized spacial score (nSPS) is 11.1. The first-order chi connectivity index (χ1) is 15.5. The van der Waals surface area contributed by atoms with Crippen LogP contribution in [0, 0.1) is 18.6 Å².